The quantitative estimate of drug-likeness (QED) is 0.488. The average Bonchev–Trinajstić information content (AvgIpc) is 3.24. The Morgan fingerprint density at radius 1 is 1.16 bits per heavy atom. The van der Waals surface area contributed by atoms with Crippen LogP contribution in [0.1, 0.15) is 79.8 Å². The highest BCUT2D eigenvalue weighted by Crippen LogP contribution is 2.43. The van der Waals surface area contributed by atoms with E-state index in [4.69, 9.17) is 0 Å². The van der Waals surface area contributed by atoms with Crippen LogP contribution in [0, 0.1) is 17.8 Å². The predicted octanol–water partition coefficient (Wildman–Crippen LogP) is 5.42. The number of rotatable bonds is 8. The van der Waals surface area contributed by atoms with Crippen molar-refractivity contribution in [3.05, 3.63) is 53.1 Å². The molecule has 6 nitrogen and oxygen atoms in total. The molecule has 2 aromatic rings. The number of fused-ring (bicyclic) bond motifs is 1. The first-order valence-corrected chi connectivity index (χ1v) is 14.3. The molecule has 4 rings (SSSR count). The van der Waals surface area contributed by atoms with Crippen molar-refractivity contribution in [2.75, 3.05) is 12.3 Å². The van der Waals surface area contributed by atoms with Crippen LogP contribution in [0.15, 0.2) is 35.5 Å². The van der Waals surface area contributed by atoms with Gasteiger partial charge in [-0.15, -0.1) is 0 Å². The van der Waals surface area contributed by atoms with E-state index in [-0.39, 0.29) is 43.2 Å². The largest absolute Gasteiger partial charge is 0.391 e. The smallest absolute Gasteiger partial charge is 0.346 e. The molecule has 1 aliphatic heterocycles. The summed E-state index contributed by atoms with van der Waals surface area (Å²) < 4.78 is 51.1. The molecule has 37 heavy (non-hydrogen) atoms. The summed E-state index contributed by atoms with van der Waals surface area (Å²) in [6, 6.07) is 5.50. The molecule has 1 N–H and O–H groups in total. The lowest BCUT2D eigenvalue weighted by Crippen LogP contribution is -2.35. The zero-order valence-corrected chi connectivity index (χ0v) is 22.4. The van der Waals surface area contributed by atoms with Gasteiger partial charge in [0.05, 0.1) is 51.2 Å². The standard InChI is InChI=1S/C27H35F3N4O2S/c1-4-37(36)23-10-9-22(31-14-23)13-33-26(35)19-11-20-16-34(25(17(2)3)24(20)32-12-19)15-18-5-7-21(8-6-18)27(28,29)30/h9-12,14,17-18,21,25H,4-8,13,15-16H2,1-3H3,(H,33,35). The van der Waals surface area contributed by atoms with E-state index < -0.39 is 22.9 Å². The number of aromatic nitrogens is 2. The molecule has 2 aliphatic rings. The van der Waals surface area contributed by atoms with E-state index in [1.54, 1.807) is 24.5 Å². The zero-order chi connectivity index (χ0) is 26.7. The molecular weight excluding hydrogens is 501 g/mol. The third-order valence-electron chi connectivity index (χ3n) is 7.50. The van der Waals surface area contributed by atoms with E-state index in [0.29, 0.717) is 41.3 Å². The first-order valence-electron chi connectivity index (χ1n) is 13.0. The van der Waals surface area contributed by atoms with Crippen LogP contribution in [0.4, 0.5) is 13.2 Å². The number of nitrogens with zero attached hydrogens (tertiary/aromatic N) is 3. The third kappa shape index (κ3) is 6.57. The number of hydrogen-bond acceptors (Lipinski definition) is 5. The molecule has 2 atom stereocenters. The number of carbonyl (C=O) groups is 1. The van der Waals surface area contributed by atoms with Crippen LogP contribution in [0.5, 0.6) is 0 Å². The fourth-order valence-electron chi connectivity index (χ4n) is 5.54. The Morgan fingerprint density at radius 3 is 2.49 bits per heavy atom. The maximum absolute atomic E-state index is 13.1. The van der Waals surface area contributed by atoms with E-state index in [9.17, 15) is 22.2 Å². The Labute approximate surface area is 218 Å². The van der Waals surface area contributed by atoms with Gasteiger partial charge in [0.1, 0.15) is 0 Å². The van der Waals surface area contributed by atoms with Gasteiger partial charge in [-0.1, -0.05) is 20.8 Å². The van der Waals surface area contributed by atoms with E-state index >= 15 is 0 Å². The Kier molecular flexibility index (Phi) is 8.68. The molecule has 1 amide bonds. The van der Waals surface area contributed by atoms with Gasteiger partial charge in [0.2, 0.25) is 0 Å². The van der Waals surface area contributed by atoms with Crippen molar-refractivity contribution in [3.8, 4) is 0 Å². The second-order valence-electron chi connectivity index (χ2n) is 10.4. The van der Waals surface area contributed by atoms with Crippen LogP contribution < -0.4 is 5.32 Å². The minimum atomic E-state index is -4.09. The van der Waals surface area contributed by atoms with Gasteiger partial charge in [-0.3, -0.25) is 23.9 Å². The maximum Gasteiger partial charge on any atom is 0.391 e. The molecule has 10 heteroatoms. The van der Waals surface area contributed by atoms with Gasteiger partial charge in [0.25, 0.3) is 5.91 Å². The lowest BCUT2D eigenvalue weighted by molar-refractivity contribution is -0.184. The Hall–Kier alpha value is -2.33. The summed E-state index contributed by atoms with van der Waals surface area (Å²) in [6.07, 6.45) is 0.677. The molecule has 0 aromatic carbocycles. The molecule has 0 saturated heterocycles. The molecule has 3 heterocycles. The van der Waals surface area contributed by atoms with Gasteiger partial charge in [0, 0.05) is 31.2 Å². The highest BCUT2D eigenvalue weighted by molar-refractivity contribution is 7.85. The van der Waals surface area contributed by atoms with Gasteiger partial charge in [-0.25, -0.2) is 0 Å². The van der Waals surface area contributed by atoms with Crippen LogP contribution in [-0.2, 0) is 23.9 Å². The zero-order valence-electron chi connectivity index (χ0n) is 21.6. The Bertz CT molecular complexity index is 1120. The van der Waals surface area contributed by atoms with Crippen LogP contribution in [0.25, 0.3) is 0 Å². The summed E-state index contributed by atoms with van der Waals surface area (Å²) >= 11 is 0. The Morgan fingerprint density at radius 2 is 1.89 bits per heavy atom. The number of hydrogen-bond donors (Lipinski definition) is 1. The molecule has 0 bridgehead atoms. The first kappa shape index (κ1) is 27.7. The molecule has 1 saturated carbocycles. The molecule has 1 aliphatic carbocycles. The van der Waals surface area contributed by atoms with Crippen molar-refractivity contribution in [2.45, 2.75) is 76.7 Å². The van der Waals surface area contributed by atoms with E-state index in [2.05, 4.69) is 34.0 Å². The van der Waals surface area contributed by atoms with E-state index in [1.165, 1.54) is 0 Å². The average molecular weight is 537 g/mol. The summed E-state index contributed by atoms with van der Waals surface area (Å²) in [5, 5.41) is 2.87. The van der Waals surface area contributed by atoms with Gasteiger partial charge >= 0.3 is 6.18 Å². The lowest BCUT2D eigenvalue weighted by Gasteiger charge is -2.35. The van der Waals surface area contributed by atoms with Gasteiger partial charge in [0.15, 0.2) is 0 Å². The van der Waals surface area contributed by atoms with Crippen LogP contribution in [0.3, 0.4) is 0 Å². The molecule has 2 unspecified atom stereocenters. The molecule has 2 aromatic heterocycles. The SMILES string of the molecule is CCS(=O)c1ccc(CNC(=O)c2cnc3c(c2)CN(CC2CCC(C(F)(F)F)CC2)C3C(C)C)nc1. The summed E-state index contributed by atoms with van der Waals surface area (Å²) in [6.45, 7) is 7.74. The molecular formula is C27H35F3N4O2S. The minimum Gasteiger partial charge on any atom is -0.346 e. The molecule has 0 radical (unpaired) electrons. The number of amides is 1. The lowest BCUT2D eigenvalue weighted by atomic mass is 9.81. The second-order valence-corrected chi connectivity index (χ2v) is 12.2. The number of halogens is 3. The molecule has 0 spiro atoms. The summed E-state index contributed by atoms with van der Waals surface area (Å²) in [7, 11) is -1.07. The number of carbonyl (C=O) groups excluding carboxylic acids is 1. The summed E-state index contributed by atoms with van der Waals surface area (Å²) in [5.74, 6) is -0.362. The monoisotopic (exact) mass is 536 g/mol. The normalized spacial score (nSPS) is 23.2. The van der Waals surface area contributed by atoms with Crippen molar-refractivity contribution in [3.63, 3.8) is 0 Å². The minimum absolute atomic E-state index is 0.0869. The van der Waals surface area contributed by atoms with Crippen LogP contribution in [0.2, 0.25) is 0 Å². The molecule has 202 valence electrons. The van der Waals surface area contributed by atoms with Gasteiger partial charge < -0.3 is 5.32 Å². The van der Waals surface area contributed by atoms with Crippen molar-refractivity contribution >= 4 is 16.7 Å². The highest BCUT2D eigenvalue weighted by atomic mass is 32.2. The number of pyridine rings is 2. The second kappa shape index (κ2) is 11.6. The number of alkyl halides is 3. The van der Waals surface area contributed by atoms with Crippen molar-refractivity contribution in [1.82, 2.24) is 20.2 Å². The number of nitrogens with one attached hydrogen (secondary N) is 1. The van der Waals surface area contributed by atoms with Crippen LogP contribution in [-0.4, -0.2) is 43.5 Å². The van der Waals surface area contributed by atoms with Crippen molar-refractivity contribution in [2.24, 2.45) is 17.8 Å². The summed E-state index contributed by atoms with van der Waals surface area (Å²) in [4.78, 5) is 24.8. The van der Waals surface area contributed by atoms with Gasteiger partial charge in [-0.2, -0.15) is 13.2 Å². The topological polar surface area (TPSA) is 75.2 Å². The fourth-order valence-corrected chi connectivity index (χ4v) is 6.26. The summed E-state index contributed by atoms with van der Waals surface area (Å²) in [5.41, 5.74) is 3.10. The Balaban J connectivity index is 1.38. The van der Waals surface area contributed by atoms with Crippen molar-refractivity contribution < 1.29 is 22.2 Å². The predicted molar refractivity (Wildman–Crippen MR) is 136 cm³/mol. The maximum atomic E-state index is 13.1. The van der Waals surface area contributed by atoms with E-state index in [0.717, 1.165) is 17.8 Å². The van der Waals surface area contributed by atoms with Crippen molar-refractivity contribution in [1.29, 1.82) is 0 Å². The van der Waals surface area contributed by atoms with Crippen LogP contribution >= 0.6 is 0 Å². The fraction of sp³-hybridized carbons (Fsp3) is 0.593. The molecule has 1 fully saturated rings. The highest BCUT2D eigenvalue weighted by Gasteiger charge is 2.42. The van der Waals surface area contributed by atoms with E-state index in [1.807, 2.05) is 13.0 Å². The first-order chi connectivity index (χ1) is 17.6. The third-order valence-corrected chi connectivity index (χ3v) is 8.79. The van der Waals surface area contributed by atoms with Gasteiger partial charge in [-0.05, 0) is 61.3 Å².